The number of anilines is 2. The molecule has 8 nitrogen and oxygen atoms in total. The molecule has 0 fully saturated rings. The first-order valence-electron chi connectivity index (χ1n) is 9.90. The fourth-order valence-electron chi connectivity index (χ4n) is 3.69. The van der Waals surface area contributed by atoms with E-state index in [0.717, 1.165) is 5.69 Å². The molecule has 1 unspecified atom stereocenters. The van der Waals surface area contributed by atoms with Crippen LogP contribution in [0.2, 0.25) is 0 Å². The topological polar surface area (TPSA) is 121 Å². The summed E-state index contributed by atoms with van der Waals surface area (Å²) in [7, 11) is -2.70. The molecule has 0 heterocycles. The van der Waals surface area contributed by atoms with Crippen molar-refractivity contribution >= 4 is 31.6 Å². The Labute approximate surface area is 251 Å². The minimum absolute atomic E-state index is 0. The first kappa shape index (κ1) is 32.1. The fourth-order valence-corrected chi connectivity index (χ4v) is 5.15. The average molecular weight is 535 g/mol. The summed E-state index contributed by atoms with van der Waals surface area (Å²) >= 11 is 0. The molecule has 0 spiro atoms. The van der Waals surface area contributed by atoms with Gasteiger partial charge in [0.05, 0.1) is 9.79 Å². The quantitative estimate of drug-likeness (QED) is 0.177. The van der Waals surface area contributed by atoms with Crippen molar-refractivity contribution in [2.24, 2.45) is 0 Å². The molecule has 0 N–H and O–H groups in total. The van der Waals surface area contributed by atoms with E-state index in [-0.39, 0.29) is 70.2 Å². The van der Waals surface area contributed by atoms with E-state index in [4.69, 9.17) is 0 Å². The smallest absolute Gasteiger partial charge is 0.744 e. The first-order chi connectivity index (χ1) is 15.3. The standard InChI is InChI=1S/C23H26N2O6S2.2Na/c1-24(2)17-11-9-16(10-12-17)23(19-7-5-6-8-21(19)32(26,27)28)20-14-13-18(25(3)4)15-22(20)33(29,30)31;;/h5-15,23H,1-4H3,(H,26,27,28)(H,29,30,31);;/q;2*+1/p-2. The van der Waals surface area contributed by atoms with Crippen LogP contribution in [0.3, 0.4) is 0 Å². The summed E-state index contributed by atoms with van der Waals surface area (Å²) in [5, 5.41) is 0. The van der Waals surface area contributed by atoms with Crippen molar-refractivity contribution in [3.05, 3.63) is 83.4 Å². The zero-order valence-electron chi connectivity index (χ0n) is 20.6. The maximum atomic E-state index is 12.3. The van der Waals surface area contributed by atoms with Crippen LogP contribution in [-0.4, -0.2) is 54.1 Å². The second-order valence-electron chi connectivity index (χ2n) is 7.98. The van der Waals surface area contributed by atoms with Gasteiger partial charge in [-0.25, -0.2) is 16.8 Å². The molecule has 0 aliphatic heterocycles. The molecule has 1 atom stereocenters. The third kappa shape index (κ3) is 7.54. The summed E-state index contributed by atoms with van der Waals surface area (Å²) in [5.74, 6) is -0.990. The number of nitrogens with zero attached hydrogens (tertiary/aromatic N) is 2. The van der Waals surface area contributed by atoms with Gasteiger partial charge in [0.15, 0.2) is 0 Å². The van der Waals surface area contributed by atoms with Crippen LogP contribution in [0.25, 0.3) is 0 Å². The summed E-state index contributed by atoms with van der Waals surface area (Å²) in [6.45, 7) is 0. The van der Waals surface area contributed by atoms with Gasteiger partial charge in [0, 0.05) is 45.5 Å². The van der Waals surface area contributed by atoms with Crippen LogP contribution in [0.1, 0.15) is 22.6 Å². The minimum Gasteiger partial charge on any atom is -0.744 e. The molecule has 3 rings (SSSR count). The van der Waals surface area contributed by atoms with Crippen molar-refractivity contribution in [2.75, 3.05) is 38.0 Å². The van der Waals surface area contributed by atoms with E-state index in [0.29, 0.717) is 11.3 Å². The van der Waals surface area contributed by atoms with Gasteiger partial charge in [-0.3, -0.25) is 0 Å². The van der Waals surface area contributed by atoms with E-state index in [1.54, 1.807) is 55.4 Å². The first-order valence-corrected chi connectivity index (χ1v) is 12.7. The number of benzene rings is 3. The monoisotopic (exact) mass is 534 g/mol. The Bertz CT molecular complexity index is 1380. The van der Waals surface area contributed by atoms with Crippen LogP contribution in [0, 0.1) is 0 Å². The van der Waals surface area contributed by atoms with Crippen molar-refractivity contribution in [1.29, 1.82) is 0 Å². The van der Waals surface area contributed by atoms with E-state index in [1.807, 2.05) is 19.0 Å². The molecule has 0 saturated carbocycles. The molecule has 0 radical (unpaired) electrons. The van der Waals surface area contributed by atoms with Crippen molar-refractivity contribution in [3.63, 3.8) is 0 Å². The summed E-state index contributed by atoms with van der Waals surface area (Å²) in [5.41, 5.74) is 2.05. The molecule has 0 bridgehead atoms. The van der Waals surface area contributed by atoms with Crippen LogP contribution < -0.4 is 68.9 Å². The summed E-state index contributed by atoms with van der Waals surface area (Å²) in [4.78, 5) is 2.56. The predicted octanol–water partition coefficient (Wildman–Crippen LogP) is -3.18. The van der Waals surface area contributed by atoms with Gasteiger partial charge >= 0.3 is 59.1 Å². The number of hydrogen-bond acceptors (Lipinski definition) is 8. The van der Waals surface area contributed by atoms with Gasteiger partial charge in [0.25, 0.3) is 0 Å². The molecule has 35 heavy (non-hydrogen) atoms. The van der Waals surface area contributed by atoms with Crippen molar-refractivity contribution in [2.45, 2.75) is 15.7 Å². The predicted molar refractivity (Wildman–Crippen MR) is 125 cm³/mol. The molecule has 0 saturated heterocycles. The van der Waals surface area contributed by atoms with Gasteiger partial charge in [-0.05, 0) is 47.0 Å². The van der Waals surface area contributed by atoms with Crippen LogP contribution >= 0.6 is 0 Å². The number of rotatable bonds is 7. The Kier molecular flexibility index (Phi) is 11.5. The van der Waals surface area contributed by atoms with Gasteiger partial charge in [0.2, 0.25) is 0 Å². The molecule has 0 aromatic heterocycles. The van der Waals surface area contributed by atoms with Crippen LogP contribution in [0.4, 0.5) is 11.4 Å². The van der Waals surface area contributed by atoms with Gasteiger partial charge < -0.3 is 18.9 Å². The maximum absolute atomic E-state index is 12.3. The average Bonchev–Trinajstić information content (AvgIpc) is 2.73. The van der Waals surface area contributed by atoms with Crippen LogP contribution in [-0.2, 0) is 20.2 Å². The van der Waals surface area contributed by atoms with E-state index < -0.39 is 35.9 Å². The molecular formula is C23H24N2Na2O6S2. The minimum atomic E-state index is -4.93. The normalized spacial score (nSPS) is 12.2. The molecule has 176 valence electrons. The van der Waals surface area contributed by atoms with Crippen molar-refractivity contribution < 1.29 is 85.1 Å². The second kappa shape index (κ2) is 12.6. The third-order valence-electron chi connectivity index (χ3n) is 5.34. The Morgan fingerprint density at radius 1 is 0.629 bits per heavy atom. The van der Waals surface area contributed by atoms with Crippen molar-refractivity contribution in [3.8, 4) is 0 Å². The summed E-state index contributed by atoms with van der Waals surface area (Å²) in [6.07, 6.45) is 0. The van der Waals surface area contributed by atoms with E-state index in [2.05, 4.69) is 0 Å². The van der Waals surface area contributed by atoms with Gasteiger partial charge in [0.1, 0.15) is 20.2 Å². The van der Waals surface area contributed by atoms with E-state index >= 15 is 0 Å². The number of hydrogen-bond donors (Lipinski definition) is 0. The molecule has 3 aromatic carbocycles. The Morgan fingerprint density at radius 3 is 1.57 bits per heavy atom. The van der Waals surface area contributed by atoms with Crippen LogP contribution in [0.5, 0.6) is 0 Å². The third-order valence-corrected chi connectivity index (χ3v) is 7.14. The molecule has 0 amide bonds. The summed E-state index contributed by atoms with van der Waals surface area (Å²) < 4.78 is 72.9. The second-order valence-corrected chi connectivity index (χ2v) is 10.7. The SMILES string of the molecule is CN(C)c1ccc(C(c2ccccc2S(=O)(=O)[O-])c2ccc(N(C)C)cc2S(=O)(=O)[O-])cc1.[Na+].[Na+]. The van der Waals surface area contributed by atoms with Gasteiger partial charge in [-0.1, -0.05) is 36.4 Å². The zero-order valence-corrected chi connectivity index (χ0v) is 26.2. The largest absolute Gasteiger partial charge is 1.00 e. The summed E-state index contributed by atoms with van der Waals surface area (Å²) in [6, 6.07) is 17.0. The molecule has 12 heteroatoms. The Balaban J connectivity index is 0.00000306. The maximum Gasteiger partial charge on any atom is 1.00 e. The molecular weight excluding hydrogens is 510 g/mol. The van der Waals surface area contributed by atoms with Gasteiger partial charge in [-0.15, -0.1) is 0 Å². The molecule has 3 aromatic rings. The van der Waals surface area contributed by atoms with Crippen molar-refractivity contribution in [1.82, 2.24) is 0 Å². The Hall–Kier alpha value is -0.920. The molecule has 0 aliphatic rings. The van der Waals surface area contributed by atoms with Crippen LogP contribution in [0.15, 0.2) is 76.5 Å². The fraction of sp³-hybridized carbons (Fsp3) is 0.217. The van der Waals surface area contributed by atoms with Gasteiger partial charge in [-0.2, -0.15) is 0 Å². The van der Waals surface area contributed by atoms with E-state index in [9.17, 15) is 25.9 Å². The molecule has 0 aliphatic carbocycles. The zero-order chi connectivity index (χ0) is 24.6. The Morgan fingerprint density at radius 2 is 1.09 bits per heavy atom. The van der Waals surface area contributed by atoms with E-state index in [1.165, 1.54) is 30.3 Å².